The van der Waals surface area contributed by atoms with E-state index in [1.54, 1.807) is 24.3 Å². The minimum atomic E-state index is -1.03. The third-order valence-electron chi connectivity index (χ3n) is 4.77. The van der Waals surface area contributed by atoms with E-state index in [1.165, 1.54) is 48.5 Å². The van der Waals surface area contributed by atoms with Crippen molar-refractivity contribution in [1.82, 2.24) is 10.6 Å². The molecule has 5 nitrogen and oxygen atoms in total. The molecule has 7 heteroatoms. The van der Waals surface area contributed by atoms with E-state index >= 15 is 0 Å². The first-order chi connectivity index (χ1) is 15.5. The average Bonchev–Trinajstić information content (AvgIpc) is 2.80. The lowest BCUT2D eigenvalue weighted by Gasteiger charge is -2.21. The zero-order valence-corrected chi connectivity index (χ0v) is 17.6. The lowest BCUT2D eigenvalue weighted by atomic mass is 10.1. The Labute approximate surface area is 185 Å². The molecular formula is C25H24F2N2O3. The maximum atomic E-state index is 14.1. The summed E-state index contributed by atoms with van der Waals surface area (Å²) in [5.74, 6) is -2.18. The summed E-state index contributed by atoms with van der Waals surface area (Å²) in [5.41, 5.74) is 0.177. The van der Waals surface area contributed by atoms with Crippen molar-refractivity contribution in [1.29, 1.82) is 0 Å². The Morgan fingerprint density at radius 2 is 1.31 bits per heavy atom. The molecule has 0 aliphatic heterocycles. The lowest BCUT2D eigenvalue weighted by Crippen LogP contribution is -2.41. The summed E-state index contributed by atoms with van der Waals surface area (Å²) in [6, 6.07) is 17.8. The number of carbonyl (C=O) groups is 2. The van der Waals surface area contributed by atoms with Crippen LogP contribution in [-0.4, -0.2) is 18.4 Å². The minimum Gasteiger partial charge on any atom is -0.494 e. The van der Waals surface area contributed by atoms with Gasteiger partial charge in [0.25, 0.3) is 11.8 Å². The maximum Gasteiger partial charge on any atom is 0.256 e. The summed E-state index contributed by atoms with van der Waals surface area (Å²) in [4.78, 5) is 25.3. The largest absolute Gasteiger partial charge is 0.494 e. The van der Waals surface area contributed by atoms with Crippen molar-refractivity contribution in [2.45, 2.75) is 25.9 Å². The van der Waals surface area contributed by atoms with E-state index in [4.69, 9.17) is 4.74 Å². The van der Waals surface area contributed by atoms with Crippen LogP contribution in [0, 0.1) is 11.6 Å². The first-order valence-electron chi connectivity index (χ1n) is 10.3. The van der Waals surface area contributed by atoms with Crippen LogP contribution in [0.4, 0.5) is 8.78 Å². The van der Waals surface area contributed by atoms with Gasteiger partial charge < -0.3 is 15.4 Å². The van der Waals surface area contributed by atoms with Gasteiger partial charge >= 0.3 is 0 Å². The first kappa shape index (κ1) is 22.9. The average molecular weight is 438 g/mol. The third kappa shape index (κ3) is 5.91. The van der Waals surface area contributed by atoms with Crippen molar-refractivity contribution >= 4 is 11.8 Å². The number of hydrogen-bond donors (Lipinski definition) is 2. The Hall–Kier alpha value is -3.74. The molecular weight excluding hydrogens is 414 g/mol. The molecule has 32 heavy (non-hydrogen) atoms. The number of unbranched alkanes of at least 4 members (excludes halogenated alkanes) is 1. The van der Waals surface area contributed by atoms with Crippen LogP contribution in [0.25, 0.3) is 0 Å². The fraction of sp³-hybridized carbons (Fsp3) is 0.200. The van der Waals surface area contributed by atoms with Gasteiger partial charge in [0, 0.05) is 0 Å². The quantitative estimate of drug-likeness (QED) is 0.365. The molecule has 2 amide bonds. The molecule has 0 unspecified atom stereocenters. The molecule has 2 N–H and O–H groups in total. The second-order valence-electron chi connectivity index (χ2n) is 7.11. The van der Waals surface area contributed by atoms with Gasteiger partial charge in [-0.1, -0.05) is 49.7 Å². The van der Waals surface area contributed by atoms with Gasteiger partial charge in [-0.3, -0.25) is 9.59 Å². The predicted molar refractivity (Wildman–Crippen MR) is 117 cm³/mol. The molecule has 166 valence electrons. The standard InChI is InChI=1S/C25H24F2N2O3/c1-2-3-16-32-18-14-12-17(13-15-18)23(28-24(30)19-8-4-6-10-21(19)26)29-25(31)20-9-5-7-11-22(20)27/h4-15,23H,2-3,16H2,1H3,(H,28,30)(H,29,31). The molecule has 0 spiro atoms. The summed E-state index contributed by atoms with van der Waals surface area (Å²) in [6.45, 7) is 2.64. The molecule has 0 aliphatic carbocycles. The van der Waals surface area contributed by atoms with Crippen LogP contribution < -0.4 is 15.4 Å². The number of ether oxygens (including phenoxy) is 1. The van der Waals surface area contributed by atoms with Crippen molar-refractivity contribution in [3.05, 3.63) is 101 Å². The van der Waals surface area contributed by atoms with Gasteiger partial charge in [-0.2, -0.15) is 0 Å². The second kappa shape index (κ2) is 11.0. The molecule has 0 saturated carbocycles. The van der Waals surface area contributed by atoms with E-state index in [0.717, 1.165) is 12.8 Å². The highest BCUT2D eigenvalue weighted by Gasteiger charge is 2.22. The maximum absolute atomic E-state index is 14.1. The highest BCUT2D eigenvalue weighted by Crippen LogP contribution is 2.19. The fourth-order valence-electron chi connectivity index (χ4n) is 3.00. The normalized spacial score (nSPS) is 10.6. The van der Waals surface area contributed by atoms with E-state index in [2.05, 4.69) is 17.6 Å². The van der Waals surface area contributed by atoms with E-state index in [-0.39, 0.29) is 11.1 Å². The number of amides is 2. The molecule has 3 rings (SSSR count). The summed E-state index contributed by atoms with van der Waals surface area (Å²) >= 11 is 0. The molecule has 0 heterocycles. The molecule has 0 radical (unpaired) electrons. The van der Waals surface area contributed by atoms with Crippen LogP contribution in [0.2, 0.25) is 0 Å². The molecule has 0 saturated heterocycles. The van der Waals surface area contributed by atoms with E-state index in [0.29, 0.717) is 17.9 Å². The van der Waals surface area contributed by atoms with Gasteiger partial charge in [0.2, 0.25) is 0 Å². The van der Waals surface area contributed by atoms with Gasteiger partial charge in [0.05, 0.1) is 17.7 Å². The zero-order chi connectivity index (χ0) is 22.9. The van der Waals surface area contributed by atoms with Crippen molar-refractivity contribution in [3.63, 3.8) is 0 Å². The molecule has 0 aliphatic rings. The van der Waals surface area contributed by atoms with Crippen molar-refractivity contribution in [2.75, 3.05) is 6.61 Å². The summed E-state index contributed by atoms with van der Waals surface area (Å²) < 4.78 is 33.8. The Kier molecular flexibility index (Phi) is 7.91. The van der Waals surface area contributed by atoms with Crippen LogP contribution in [0.3, 0.4) is 0 Å². The first-order valence-corrected chi connectivity index (χ1v) is 10.3. The third-order valence-corrected chi connectivity index (χ3v) is 4.77. The van der Waals surface area contributed by atoms with Gasteiger partial charge in [-0.25, -0.2) is 8.78 Å². The number of nitrogens with one attached hydrogen (secondary N) is 2. The number of hydrogen-bond acceptors (Lipinski definition) is 3. The van der Waals surface area contributed by atoms with Gasteiger partial charge in [-0.15, -0.1) is 0 Å². The topological polar surface area (TPSA) is 67.4 Å². The summed E-state index contributed by atoms with van der Waals surface area (Å²) in [5, 5.41) is 5.22. The SMILES string of the molecule is CCCCOc1ccc(C(NC(=O)c2ccccc2F)NC(=O)c2ccccc2F)cc1. The second-order valence-corrected chi connectivity index (χ2v) is 7.11. The van der Waals surface area contributed by atoms with E-state index in [9.17, 15) is 18.4 Å². The minimum absolute atomic E-state index is 0.169. The summed E-state index contributed by atoms with van der Waals surface area (Å²) in [6.07, 6.45) is 0.894. The van der Waals surface area contributed by atoms with Crippen molar-refractivity contribution in [3.8, 4) is 5.75 Å². The predicted octanol–water partition coefficient (Wildman–Crippen LogP) is 5.00. The van der Waals surface area contributed by atoms with Crippen LogP contribution in [0.5, 0.6) is 5.75 Å². The molecule has 0 aromatic heterocycles. The van der Waals surface area contributed by atoms with Crippen LogP contribution in [-0.2, 0) is 0 Å². The highest BCUT2D eigenvalue weighted by molar-refractivity contribution is 5.97. The molecule has 3 aromatic rings. The van der Waals surface area contributed by atoms with Crippen LogP contribution >= 0.6 is 0 Å². The number of rotatable bonds is 9. The number of benzene rings is 3. The Morgan fingerprint density at radius 1 is 0.812 bits per heavy atom. The summed E-state index contributed by atoms with van der Waals surface area (Å²) in [7, 11) is 0. The van der Waals surface area contributed by atoms with Gasteiger partial charge in [0.1, 0.15) is 23.5 Å². The van der Waals surface area contributed by atoms with E-state index in [1.807, 2.05) is 0 Å². The number of halogens is 2. The van der Waals surface area contributed by atoms with Gasteiger partial charge in [-0.05, 0) is 48.4 Å². The Balaban J connectivity index is 1.83. The molecule has 3 aromatic carbocycles. The van der Waals surface area contributed by atoms with Crippen molar-refractivity contribution in [2.24, 2.45) is 0 Å². The highest BCUT2D eigenvalue weighted by atomic mass is 19.1. The van der Waals surface area contributed by atoms with Gasteiger partial charge in [0.15, 0.2) is 0 Å². The smallest absolute Gasteiger partial charge is 0.256 e. The van der Waals surface area contributed by atoms with Crippen LogP contribution in [0.15, 0.2) is 72.8 Å². The molecule has 0 atom stereocenters. The monoisotopic (exact) mass is 438 g/mol. The Morgan fingerprint density at radius 3 is 1.78 bits per heavy atom. The van der Waals surface area contributed by atoms with Crippen molar-refractivity contribution < 1.29 is 23.1 Å². The number of carbonyl (C=O) groups excluding carboxylic acids is 2. The Bertz CT molecular complexity index is 1010. The zero-order valence-electron chi connectivity index (χ0n) is 17.6. The molecule has 0 fully saturated rings. The molecule has 0 bridgehead atoms. The fourth-order valence-corrected chi connectivity index (χ4v) is 3.00. The van der Waals surface area contributed by atoms with E-state index < -0.39 is 29.6 Å². The van der Waals surface area contributed by atoms with Crippen LogP contribution in [0.1, 0.15) is 52.2 Å². The lowest BCUT2D eigenvalue weighted by molar-refractivity contribution is 0.0879.